The quantitative estimate of drug-likeness (QED) is 0.374. The number of rotatable bonds is 6. The number of benzene rings is 1. The third-order valence-corrected chi connectivity index (χ3v) is 3.74. The lowest BCUT2D eigenvalue weighted by Gasteiger charge is -2.06. The van der Waals surface area contributed by atoms with Gasteiger partial charge in [0.1, 0.15) is 11.3 Å². The Labute approximate surface area is 144 Å². The van der Waals surface area contributed by atoms with Crippen molar-refractivity contribution in [3.05, 3.63) is 60.5 Å². The van der Waals surface area contributed by atoms with E-state index in [1.165, 1.54) is 12.1 Å². The molecule has 0 bridgehead atoms. The molecule has 3 rings (SSSR count). The predicted molar refractivity (Wildman–Crippen MR) is 93.1 cm³/mol. The normalized spacial score (nSPS) is 10.8. The van der Waals surface area contributed by atoms with Gasteiger partial charge in [0.25, 0.3) is 16.9 Å². The fourth-order valence-electron chi connectivity index (χ4n) is 2.58. The lowest BCUT2D eigenvalue weighted by atomic mass is 10.1. The van der Waals surface area contributed by atoms with Crippen molar-refractivity contribution in [3.63, 3.8) is 0 Å². The standard InChI is InChI=1S/C14H13N7O5/c15-14-18-12-11(13(22)19-14)7(6-17-12)3-4-16-9-2-1-8(20(23)24)5-10(9)21(25)26/h1-2,5-6,16H,3-4H2,(H4,15,17,18,19,22). The average molecular weight is 359 g/mol. The number of fused-ring (bicyclic) bond motifs is 1. The molecule has 0 spiro atoms. The van der Waals surface area contributed by atoms with Gasteiger partial charge in [-0.05, 0) is 18.1 Å². The zero-order valence-electron chi connectivity index (χ0n) is 13.2. The summed E-state index contributed by atoms with van der Waals surface area (Å²) in [6.07, 6.45) is 1.97. The van der Waals surface area contributed by atoms with Crippen LogP contribution in [0.3, 0.4) is 0 Å². The minimum Gasteiger partial charge on any atom is -0.379 e. The van der Waals surface area contributed by atoms with Gasteiger partial charge in [-0.2, -0.15) is 4.98 Å². The number of nitrogens with two attached hydrogens (primary N) is 1. The molecule has 0 aliphatic rings. The van der Waals surface area contributed by atoms with Crippen molar-refractivity contribution in [2.45, 2.75) is 6.42 Å². The van der Waals surface area contributed by atoms with Crippen LogP contribution in [0.15, 0.2) is 29.2 Å². The smallest absolute Gasteiger partial charge is 0.299 e. The van der Waals surface area contributed by atoms with Crippen molar-refractivity contribution in [2.75, 3.05) is 17.6 Å². The molecule has 0 unspecified atom stereocenters. The van der Waals surface area contributed by atoms with Gasteiger partial charge in [-0.3, -0.25) is 30.0 Å². The van der Waals surface area contributed by atoms with Crippen molar-refractivity contribution in [2.24, 2.45) is 0 Å². The first kappa shape index (κ1) is 16.9. The number of aromatic amines is 2. The highest BCUT2D eigenvalue weighted by Gasteiger charge is 2.19. The maximum absolute atomic E-state index is 12.0. The molecule has 134 valence electrons. The number of non-ortho nitro benzene ring substituents is 1. The molecule has 0 aliphatic carbocycles. The van der Waals surface area contributed by atoms with Crippen LogP contribution in [0, 0.1) is 20.2 Å². The Bertz CT molecular complexity index is 1070. The Morgan fingerprint density at radius 1 is 1.23 bits per heavy atom. The van der Waals surface area contributed by atoms with E-state index < -0.39 is 15.5 Å². The van der Waals surface area contributed by atoms with E-state index in [1.54, 1.807) is 6.20 Å². The van der Waals surface area contributed by atoms with Crippen LogP contribution < -0.4 is 16.6 Å². The molecule has 0 atom stereocenters. The van der Waals surface area contributed by atoms with E-state index in [4.69, 9.17) is 5.73 Å². The van der Waals surface area contributed by atoms with Gasteiger partial charge in [-0.15, -0.1) is 0 Å². The van der Waals surface area contributed by atoms with Crippen LogP contribution in [-0.4, -0.2) is 31.3 Å². The molecule has 0 radical (unpaired) electrons. The summed E-state index contributed by atoms with van der Waals surface area (Å²) >= 11 is 0. The van der Waals surface area contributed by atoms with E-state index >= 15 is 0 Å². The lowest BCUT2D eigenvalue weighted by Crippen LogP contribution is -2.13. The number of nitro groups is 2. The molecule has 2 heterocycles. The second-order valence-electron chi connectivity index (χ2n) is 5.38. The zero-order valence-corrected chi connectivity index (χ0v) is 13.2. The van der Waals surface area contributed by atoms with Gasteiger partial charge in [0.15, 0.2) is 0 Å². The summed E-state index contributed by atoms with van der Waals surface area (Å²) in [5.74, 6) is -0.00414. The fourth-order valence-corrected chi connectivity index (χ4v) is 2.58. The largest absolute Gasteiger partial charge is 0.379 e. The first-order valence-electron chi connectivity index (χ1n) is 7.39. The highest BCUT2D eigenvalue weighted by Crippen LogP contribution is 2.29. The van der Waals surface area contributed by atoms with E-state index in [9.17, 15) is 25.0 Å². The molecule has 0 aliphatic heterocycles. The Morgan fingerprint density at radius 2 is 2.00 bits per heavy atom. The minimum absolute atomic E-state index is 0.00414. The third-order valence-electron chi connectivity index (χ3n) is 3.74. The highest BCUT2D eigenvalue weighted by molar-refractivity contribution is 5.79. The number of nitro benzene ring substituents is 2. The Morgan fingerprint density at radius 3 is 2.69 bits per heavy atom. The van der Waals surface area contributed by atoms with Crippen LogP contribution in [0.25, 0.3) is 11.0 Å². The van der Waals surface area contributed by atoms with E-state index in [0.29, 0.717) is 23.0 Å². The second kappa shape index (κ2) is 6.51. The number of hydrogen-bond acceptors (Lipinski definition) is 8. The number of nitrogens with zero attached hydrogens (tertiary/aromatic N) is 3. The second-order valence-corrected chi connectivity index (χ2v) is 5.38. The number of nitrogen functional groups attached to an aromatic ring is 1. The molecule has 0 fully saturated rings. The zero-order chi connectivity index (χ0) is 18.8. The van der Waals surface area contributed by atoms with Crippen molar-refractivity contribution in [1.29, 1.82) is 0 Å². The molecular weight excluding hydrogens is 346 g/mol. The first-order valence-corrected chi connectivity index (χ1v) is 7.39. The summed E-state index contributed by atoms with van der Waals surface area (Å²) < 4.78 is 0. The summed E-state index contributed by atoms with van der Waals surface area (Å²) in [6.45, 7) is 0.259. The maximum Gasteiger partial charge on any atom is 0.299 e. The van der Waals surface area contributed by atoms with Crippen molar-refractivity contribution in [3.8, 4) is 0 Å². The van der Waals surface area contributed by atoms with Gasteiger partial charge >= 0.3 is 0 Å². The van der Waals surface area contributed by atoms with Crippen LogP contribution in [0.2, 0.25) is 0 Å². The molecule has 0 saturated heterocycles. The molecule has 12 nitrogen and oxygen atoms in total. The van der Waals surface area contributed by atoms with Gasteiger partial charge < -0.3 is 16.0 Å². The topological polar surface area (TPSA) is 186 Å². The van der Waals surface area contributed by atoms with Gasteiger partial charge in [0.2, 0.25) is 5.95 Å². The molecule has 5 N–H and O–H groups in total. The van der Waals surface area contributed by atoms with Crippen LogP contribution >= 0.6 is 0 Å². The van der Waals surface area contributed by atoms with Gasteiger partial charge in [-0.1, -0.05) is 0 Å². The number of H-pyrrole nitrogens is 2. The number of aromatic nitrogens is 3. The molecule has 1 aromatic carbocycles. The molecule has 0 saturated carbocycles. The van der Waals surface area contributed by atoms with Gasteiger partial charge in [0, 0.05) is 18.8 Å². The molecular formula is C14H13N7O5. The van der Waals surface area contributed by atoms with E-state index in [1.807, 2.05) is 0 Å². The molecule has 3 aromatic rings. The van der Waals surface area contributed by atoms with Crippen molar-refractivity contribution in [1.82, 2.24) is 15.0 Å². The summed E-state index contributed by atoms with van der Waals surface area (Å²) in [5.41, 5.74) is 5.49. The molecule has 26 heavy (non-hydrogen) atoms. The Balaban J connectivity index is 1.79. The van der Waals surface area contributed by atoms with Crippen molar-refractivity contribution < 1.29 is 9.85 Å². The average Bonchev–Trinajstić information content (AvgIpc) is 2.97. The molecule has 0 amide bonds. The van der Waals surface area contributed by atoms with Gasteiger partial charge in [-0.25, -0.2) is 0 Å². The van der Waals surface area contributed by atoms with Crippen LogP contribution in [0.4, 0.5) is 23.0 Å². The highest BCUT2D eigenvalue weighted by atomic mass is 16.6. The monoisotopic (exact) mass is 359 g/mol. The maximum atomic E-state index is 12.0. The first-order chi connectivity index (χ1) is 12.4. The summed E-state index contributed by atoms with van der Waals surface area (Å²) in [5, 5.41) is 25.1. The summed E-state index contributed by atoms with van der Waals surface area (Å²) in [4.78, 5) is 41.7. The lowest BCUT2D eigenvalue weighted by molar-refractivity contribution is -0.393. The number of anilines is 2. The Kier molecular flexibility index (Phi) is 4.22. The van der Waals surface area contributed by atoms with E-state index in [0.717, 1.165) is 6.07 Å². The SMILES string of the molecule is Nc1nc2[nH]cc(CCNc3ccc([N+](=O)[O-])cc3[N+](=O)[O-])c2c(=O)[nH]1. The predicted octanol–water partition coefficient (Wildman–Crippen LogP) is 1.30. The van der Waals surface area contributed by atoms with E-state index in [-0.39, 0.29) is 29.4 Å². The number of nitrogens with one attached hydrogen (secondary N) is 3. The van der Waals surface area contributed by atoms with Crippen LogP contribution in [0.1, 0.15) is 5.56 Å². The minimum atomic E-state index is -0.701. The van der Waals surface area contributed by atoms with E-state index in [2.05, 4.69) is 20.3 Å². The fraction of sp³-hybridized carbons (Fsp3) is 0.143. The third kappa shape index (κ3) is 3.15. The Hall–Kier alpha value is -3.96. The van der Waals surface area contributed by atoms with Crippen LogP contribution in [0.5, 0.6) is 0 Å². The van der Waals surface area contributed by atoms with Crippen LogP contribution in [-0.2, 0) is 6.42 Å². The number of hydrogen-bond donors (Lipinski definition) is 4. The van der Waals surface area contributed by atoms with Crippen molar-refractivity contribution >= 4 is 34.0 Å². The molecule has 12 heteroatoms. The summed E-state index contributed by atoms with van der Waals surface area (Å²) in [7, 11) is 0. The molecule has 2 aromatic heterocycles. The van der Waals surface area contributed by atoms with Gasteiger partial charge in [0.05, 0.1) is 21.3 Å². The summed E-state index contributed by atoms with van der Waals surface area (Å²) in [6, 6.07) is 3.35.